The van der Waals surface area contributed by atoms with E-state index < -0.39 is 0 Å². The number of rotatable bonds is 4. The first-order valence-electron chi connectivity index (χ1n) is 5.44. The van der Waals surface area contributed by atoms with Crippen molar-refractivity contribution in [3.63, 3.8) is 0 Å². The van der Waals surface area contributed by atoms with E-state index >= 15 is 0 Å². The Hall–Kier alpha value is -1.57. The maximum Gasteiger partial charge on any atom is 0.108 e. The highest BCUT2D eigenvalue weighted by Crippen LogP contribution is 2.05. The van der Waals surface area contributed by atoms with Gasteiger partial charge >= 0.3 is 0 Å². The Morgan fingerprint density at radius 1 is 1.13 bits per heavy atom. The lowest BCUT2D eigenvalue weighted by Gasteiger charge is -2.04. The van der Waals surface area contributed by atoms with E-state index in [4.69, 9.17) is 0 Å². The van der Waals surface area contributed by atoms with Crippen LogP contribution in [0.3, 0.4) is 0 Å². The first-order chi connectivity index (χ1) is 7.40. The Kier molecular flexibility index (Phi) is 3.18. The summed E-state index contributed by atoms with van der Waals surface area (Å²) in [5.41, 5.74) is 1.38. The number of benzene rings is 1. The second-order valence-corrected chi connectivity index (χ2v) is 3.62. The molecule has 0 unspecified atom stereocenters. The van der Waals surface area contributed by atoms with Crippen LogP contribution in [0.5, 0.6) is 0 Å². The van der Waals surface area contributed by atoms with Gasteiger partial charge in [-0.3, -0.25) is 0 Å². The Balaban J connectivity index is 1.99. The number of aryl methyl sites for hydroxylation is 3. The third-order valence-corrected chi connectivity index (χ3v) is 2.62. The van der Waals surface area contributed by atoms with Gasteiger partial charge in [-0.15, -0.1) is 0 Å². The highest BCUT2D eigenvalue weighted by Gasteiger charge is 2.00. The van der Waals surface area contributed by atoms with Crippen molar-refractivity contribution < 1.29 is 0 Å². The van der Waals surface area contributed by atoms with Gasteiger partial charge in [-0.05, 0) is 18.9 Å². The topological polar surface area (TPSA) is 17.8 Å². The van der Waals surface area contributed by atoms with E-state index in [0.717, 1.165) is 19.4 Å². The van der Waals surface area contributed by atoms with Crippen LogP contribution >= 0.6 is 0 Å². The lowest BCUT2D eigenvalue weighted by Crippen LogP contribution is -2.02. The van der Waals surface area contributed by atoms with Gasteiger partial charge in [0.2, 0.25) is 0 Å². The van der Waals surface area contributed by atoms with E-state index in [2.05, 4.69) is 46.8 Å². The zero-order valence-electron chi connectivity index (χ0n) is 9.06. The molecule has 0 N–H and O–H groups in total. The molecule has 1 aromatic heterocycles. The number of imidazole rings is 1. The molecule has 0 saturated heterocycles. The molecule has 2 heteroatoms. The zero-order chi connectivity index (χ0) is 10.5. The highest BCUT2D eigenvalue weighted by atomic mass is 15.0. The summed E-state index contributed by atoms with van der Waals surface area (Å²) in [6.45, 7) is 3.15. The van der Waals surface area contributed by atoms with Gasteiger partial charge in [0.25, 0.3) is 0 Å². The molecule has 0 atom stereocenters. The van der Waals surface area contributed by atoms with Gasteiger partial charge in [0.1, 0.15) is 5.82 Å². The molecule has 1 aromatic carbocycles. The first kappa shape index (κ1) is 9.97. The Morgan fingerprint density at radius 2 is 1.93 bits per heavy atom. The Labute approximate surface area is 90.6 Å². The van der Waals surface area contributed by atoms with E-state index in [1.807, 2.05) is 12.4 Å². The normalized spacial score (nSPS) is 10.5. The van der Waals surface area contributed by atoms with E-state index in [0.29, 0.717) is 0 Å². The highest BCUT2D eigenvalue weighted by molar-refractivity contribution is 5.15. The predicted octanol–water partition coefficient (Wildman–Crippen LogP) is 2.69. The van der Waals surface area contributed by atoms with Gasteiger partial charge in [0.05, 0.1) is 0 Å². The lowest BCUT2D eigenvalue weighted by atomic mass is 10.1. The summed E-state index contributed by atoms with van der Waals surface area (Å²) in [5, 5.41) is 0. The number of aromatic nitrogens is 2. The predicted molar refractivity (Wildman–Crippen MR) is 61.8 cm³/mol. The Bertz CT molecular complexity index is 403. The van der Waals surface area contributed by atoms with E-state index in [9.17, 15) is 0 Å². The molecule has 0 radical (unpaired) electrons. The van der Waals surface area contributed by atoms with Crippen LogP contribution < -0.4 is 0 Å². The molecule has 0 aliphatic heterocycles. The zero-order valence-corrected chi connectivity index (χ0v) is 9.06. The molecule has 0 bridgehead atoms. The van der Waals surface area contributed by atoms with Crippen molar-refractivity contribution in [3.8, 4) is 0 Å². The van der Waals surface area contributed by atoms with Gasteiger partial charge in [-0.2, -0.15) is 0 Å². The van der Waals surface area contributed by atoms with E-state index in [1.54, 1.807) is 0 Å². The summed E-state index contributed by atoms with van der Waals surface area (Å²) in [7, 11) is 0. The SMILES string of the molecule is CCn1ccnc1CCc1ccccc1. The number of nitrogens with zero attached hydrogens (tertiary/aromatic N) is 2. The van der Waals surface area contributed by atoms with Crippen molar-refractivity contribution in [1.82, 2.24) is 9.55 Å². The average molecular weight is 200 g/mol. The largest absolute Gasteiger partial charge is 0.335 e. The molecule has 0 fully saturated rings. The summed E-state index contributed by atoms with van der Waals surface area (Å²) in [6.07, 6.45) is 6.01. The van der Waals surface area contributed by atoms with Gasteiger partial charge in [0.15, 0.2) is 0 Å². The van der Waals surface area contributed by atoms with E-state index in [1.165, 1.54) is 11.4 Å². The Morgan fingerprint density at radius 3 is 2.67 bits per heavy atom. The molecule has 78 valence electrons. The standard InChI is InChI=1S/C13H16N2/c1-2-15-11-10-14-13(15)9-8-12-6-4-3-5-7-12/h3-7,10-11H,2,8-9H2,1H3. The minimum Gasteiger partial charge on any atom is -0.335 e. The average Bonchev–Trinajstić information content (AvgIpc) is 2.75. The fourth-order valence-electron chi connectivity index (χ4n) is 1.76. The van der Waals surface area contributed by atoms with E-state index in [-0.39, 0.29) is 0 Å². The second kappa shape index (κ2) is 4.78. The van der Waals surface area contributed by atoms with Crippen molar-refractivity contribution in [2.45, 2.75) is 26.3 Å². The van der Waals surface area contributed by atoms with Crippen LogP contribution in [0.4, 0.5) is 0 Å². The third kappa shape index (κ3) is 2.46. The van der Waals surface area contributed by atoms with Crippen LogP contribution in [0.25, 0.3) is 0 Å². The van der Waals surface area contributed by atoms with Crippen LogP contribution in [-0.2, 0) is 19.4 Å². The lowest BCUT2D eigenvalue weighted by molar-refractivity contribution is 0.689. The van der Waals surface area contributed by atoms with Crippen LogP contribution in [-0.4, -0.2) is 9.55 Å². The van der Waals surface area contributed by atoms with Crippen molar-refractivity contribution in [2.75, 3.05) is 0 Å². The van der Waals surface area contributed by atoms with Crippen LogP contribution in [0.15, 0.2) is 42.7 Å². The molecule has 2 rings (SSSR count). The van der Waals surface area contributed by atoms with Crippen molar-refractivity contribution in [2.24, 2.45) is 0 Å². The fourth-order valence-corrected chi connectivity index (χ4v) is 1.76. The smallest absolute Gasteiger partial charge is 0.108 e. The van der Waals surface area contributed by atoms with Crippen LogP contribution in [0, 0.1) is 0 Å². The molecule has 0 aliphatic rings. The summed E-state index contributed by atoms with van der Waals surface area (Å²) in [4.78, 5) is 4.37. The molecule has 0 saturated carbocycles. The maximum absolute atomic E-state index is 4.37. The molecule has 0 amide bonds. The van der Waals surface area contributed by atoms with Gasteiger partial charge in [0, 0.05) is 25.4 Å². The third-order valence-electron chi connectivity index (χ3n) is 2.62. The maximum atomic E-state index is 4.37. The molecule has 0 spiro atoms. The summed E-state index contributed by atoms with van der Waals surface area (Å²) in [5.74, 6) is 1.18. The number of hydrogen-bond acceptors (Lipinski definition) is 1. The van der Waals surface area contributed by atoms with Gasteiger partial charge < -0.3 is 4.57 Å². The monoisotopic (exact) mass is 200 g/mol. The van der Waals surface area contributed by atoms with Crippen LogP contribution in [0.1, 0.15) is 18.3 Å². The molecule has 2 nitrogen and oxygen atoms in total. The molecular formula is C13H16N2. The molecule has 1 heterocycles. The summed E-state index contributed by atoms with van der Waals surface area (Å²) < 4.78 is 2.20. The minimum atomic E-state index is 1.00. The van der Waals surface area contributed by atoms with Crippen molar-refractivity contribution in [3.05, 3.63) is 54.1 Å². The second-order valence-electron chi connectivity index (χ2n) is 3.62. The van der Waals surface area contributed by atoms with Gasteiger partial charge in [-0.25, -0.2) is 4.98 Å². The van der Waals surface area contributed by atoms with Crippen molar-refractivity contribution in [1.29, 1.82) is 0 Å². The molecule has 15 heavy (non-hydrogen) atoms. The van der Waals surface area contributed by atoms with Crippen LogP contribution in [0.2, 0.25) is 0 Å². The number of hydrogen-bond donors (Lipinski definition) is 0. The quantitative estimate of drug-likeness (QED) is 0.742. The molecular weight excluding hydrogens is 184 g/mol. The molecule has 0 aliphatic carbocycles. The summed E-state index contributed by atoms with van der Waals surface area (Å²) >= 11 is 0. The summed E-state index contributed by atoms with van der Waals surface area (Å²) in [6, 6.07) is 10.6. The fraction of sp³-hybridized carbons (Fsp3) is 0.308. The molecule has 2 aromatic rings. The first-order valence-corrected chi connectivity index (χ1v) is 5.44. The van der Waals surface area contributed by atoms with Crippen molar-refractivity contribution >= 4 is 0 Å². The van der Waals surface area contributed by atoms with Gasteiger partial charge in [-0.1, -0.05) is 30.3 Å². The minimum absolute atomic E-state index is 1.00.